The minimum Gasteiger partial charge on any atom is -0.485 e. The van der Waals surface area contributed by atoms with Crippen LogP contribution in [0.1, 0.15) is 0 Å². The third-order valence-corrected chi connectivity index (χ3v) is 5.40. The molecule has 2 heterocycles. The number of carbonyl (C=O) groups excluding carboxylic acids is 1. The highest BCUT2D eigenvalue weighted by Crippen LogP contribution is 2.31. The Morgan fingerprint density at radius 1 is 1.00 bits per heavy atom. The van der Waals surface area contributed by atoms with Gasteiger partial charge in [0.15, 0.2) is 16.7 Å². The molecule has 7 heteroatoms. The fraction of sp³-hybridized carbons (Fsp3) is 0.0909. The van der Waals surface area contributed by atoms with Crippen LogP contribution in [0.5, 0.6) is 11.5 Å². The largest absolute Gasteiger partial charge is 0.485 e. The van der Waals surface area contributed by atoms with Crippen molar-refractivity contribution in [2.45, 2.75) is 16.2 Å². The van der Waals surface area contributed by atoms with Crippen LogP contribution in [0.2, 0.25) is 0 Å². The maximum absolute atomic E-state index is 12.5. The number of ether oxygens (including phenoxy) is 2. The van der Waals surface area contributed by atoms with Crippen molar-refractivity contribution in [1.29, 1.82) is 0 Å². The molecule has 1 atom stereocenters. The van der Waals surface area contributed by atoms with Crippen molar-refractivity contribution in [3.63, 3.8) is 0 Å². The molecule has 4 aromatic rings. The average molecular weight is 403 g/mol. The Hall–Kier alpha value is -3.45. The zero-order chi connectivity index (χ0) is 19.6. The molecule has 1 aliphatic rings. The number of imidazole rings is 1. The summed E-state index contributed by atoms with van der Waals surface area (Å²) in [5.41, 5.74) is 2.65. The Labute approximate surface area is 171 Å². The van der Waals surface area contributed by atoms with Crippen molar-refractivity contribution in [2.75, 3.05) is 11.9 Å². The zero-order valence-electron chi connectivity index (χ0n) is 15.3. The molecule has 0 saturated heterocycles. The Kier molecular flexibility index (Phi) is 4.57. The van der Waals surface area contributed by atoms with Crippen molar-refractivity contribution in [2.24, 2.45) is 0 Å². The summed E-state index contributed by atoms with van der Waals surface area (Å²) in [6, 6.07) is 22.9. The minimum atomic E-state index is -0.686. The van der Waals surface area contributed by atoms with Crippen LogP contribution in [-0.2, 0) is 4.79 Å². The summed E-state index contributed by atoms with van der Waals surface area (Å²) in [5, 5.41) is 3.71. The van der Waals surface area contributed by atoms with Crippen molar-refractivity contribution in [3.05, 3.63) is 72.8 Å². The van der Waals surface area contributed by atoms with E-state index in [0.717, 1.165) is 21.1 Å². The van der Waals surface area contributed by atoms with Gasteiger partial charge in [-0.15, -0.1) is 0 Å². The van der Waals surface area contributed by atoms with Crippen LogP contribution in [0, 0.1) is 0 Å². The van der Waals surface area contributed by atoms with Crippen molar-refractivity contribution in [1.82, 2.24) is 9.97 Å². The van der Waals surface area contributed by atoms with Crippen molar-refractivity contribution in [3.8, 4) is 11.5 Å². The summed E-state index contributed by atoms with van der Waals surface area (Å²) in [5.74, 6) is 0.997. The monoisotopic (exact) mass is 403 g/mol. The van der Waals surface area contributed by atoms with Crippen LogP contribution < -0.4 is 14.8 Å². The van der Waals surface area contributed by atoms with Crippen LogP contribution in [-0.4, -0.2) is 28.6 Å². The number of rotatable bonds is 4. The Morgan fingerprint density at radius 3 is 2.59 bits per heavy atom. The molecule has 29 heavy (non-hydrogen) atoms. The first kappa shape index (κ1) is 17.6. The summed E-state index contributed by atoms with van der Waals surface area (Å²) < 4.78 is 11.3. The average Bonchev–Trinajstić information content (AvgIpc) is 3.17. The number of aromatic nitrogens is 2. The van der Waals surface area contributed by atoms with Crippen LogP contribution in [0.25, 0.3) is 11.0 Å². The van der Waals surface area contributed by atoms with E-state index in [2.05, 4.69) is 15.3 Å². The molecule has 1 amide bonds. The van der Waals surface area contributed by atoms with E-state index in [9.17, 15) is 4.79 Å². The zero-order valence-corrected chi connectivity index (χ0v) is 16.1. The summed E-state index contributed by atoms with van der Waals surface area (Å²) in [7, 11) is 0. The topological polar surface area (TPSA) is 76.2 Å². The summed E-state index contributed by atoms with van der Waals surface area (Å²) in [6.45, 7) is 0.183. The number of nitrogens with one attached hydrogen (secondary N) is 2. The Bertz CT molecular complexity index is 1140. The number of amides is 1. The second-order valence-electron chi connectivity index (χ2n) is 6.54. The molecule has 0 spiro atoms. The fourth-order valence-corrected chi connectivity index (χ4v) is 3.87. The third-order valence-electron chi connectivity index (χ3n) is 4.51. The van der Waals surface area contributed by atoms with Gasteiger partial charge < -0.3 is 19.8 Å². The highest BCUT2D eigenvalue weighted by atomic mass is 32.2. The smallest absolute Gasteiger partial charge is 0.269 e. The standard InChI is InChI=1S/C22H17N3O3S/c26-21(20-13-27-18-7-3-4-8-19(18)28-20)23-14-9-11-15(12-10-14)29-22-24-16-5-1-2-6-17(16)25-22/h1-12,20H,13H2,(H,23,26)(H,24,25)/t20-/m1/s1. The molecular weight excluding hydrogens is 386 g/mol. The van der Waals surface area contributed by atoms with Crippen LogP contribution in [0.15, 0.2) is 82.8 Å². The van der Waals surface area contributed by atoms with Gasteiger partial charge in [-0.2, -0.15) is 0 Å². The van der Waals surface area contributed by atoms with E-state index in [1.165, 1.54) is 11.8 Å². The number of aromatic amines is 1. The number of fused-ring (bicyclic) bond motifs is 2. The molecule has 5 rings (SSSR count). The fourth-order valence-electron chi connectivity index (χ4n) is 3.07. The third kappa shape index (κ3) is 3.77. The summed E-state index contributed by atoms with van der Waals surface area (Å²) >= 11 is 1.54. The van der Waals surface area contributed by atoms with E-state index in [1.54, 1.807) is 6.07 Å². The predicted octanol–water partition coefficient (Wildman–Crippen LogP) is 4.49. The number of nitrogens with zero attached hydrogens (tertiary/aromatic N) is 1. The number of carbonyl (C=O) groups is 1. The van der Waals surface area contributed by atoms with E-state index < -0.39 is 6.10 Å². The number of H-pyrrole nitrogens is 1. The second kappa shape index (κ2) is 7.52. The quantitative estimate of drug-likeness (QED) is 0.525. The summed E-state index contributed by atoms with van der Waals surface area (Å²) in [4.78, 5) is 21.4. The van der Waals surface area contributed by atoms with Gasteiger partial charge in [0.05, 0.1) is 11.0 Å². The van der Waals surface area contributed by atoms with Crippen molar-refractivity contribution < 1.29 is 14.3 Å². The number of hydrogen-bond donors (Lipinski definition) is 2. The maximum atomic E-state index is 12.5. The van der Waals surface area contributed by atoms with Gasteiger partial charge in [-0.3, -0.25) is 4.79 Å². The number of para-hydroxylation sites is 4. The van der Waals surface area contributed by atoms with Crippen molar-refractivity contribution >= 4 is 34.4 Å². The van der Waals surface area contributed by atoms with Crippen LogP contribution in [0.4, 0.5) is 5.69 Å². The Balaban J connectivity index is 1.23. The van der Waals surface area contributed by atoms with E-state index in [-0.39, 0.29) is 12.5 Å². The first-order chi connectivity index (χ1) is 14.2. The molecular formula is C22H17N3O3S. The number of benzene rings is 3. The molecule has 0 fully saturated rings. The van der Waals surface area contributed by atoms with E-state index >= 15 is 0 Å². The predicted molar refractivity (Wildman–Crippen MR) is 112 cm³/mol. The van der Waals surface area contributed by atoms with E-state index in [0.29, 0.717) is 17.2 Å². The lowest BCUT2D eigenvalue weighted by atomic mass is 10.2. The van der Waals surface area contributed by atoms with Gasteiger partial charge in [-0.05, 0) is 48.5 Å². The second-order valence-corrected chi connectivity index (χ2v) is 7.60. The molecule has 0 aliphatic carbocycles. The molecule has 1 aliphatic heterocycles. The highest BCUT2D eigenvalue weighted by molar-refractivity contribution is 7.99. The number of anilines is 1. The van der Waals surface area contributed by atoms with Crippen LogP contribution >= 0.6 is 11.8 Å². The van der Waals surface area contributed by atoms with Gasteiger partial charge in [-0.1, -0.05) is 36.0 Å². The van der Waals surface area contributed by atoms with Gasteiger partial charge in [0.2, 0.25) is 6.10 Å². The van der Waals surface area contributed by atoms with Gasteiger partial charge in [0.1, 0.15) is 6.61 Å². The molecule has 144 valence electrons. The Morgan fingerprint density at radius 2 is 1.76 bits per heavy atom. The minimum absolute atomic E-state index is 0.183. The van der Waals surface area contributed by atoms with Gasteiger partial charge in [-0.25, -0.2) is 4.98 Å². The first-order valence-corrected chi connectivity index (χ1v) is 9.98. The number of hydrogen-bond acceptors (Lipinski definition) is 5. The lowest BCUT2D eigenvalue weighted by Crippen LogP contribution is -2.40. The SMILES string of the molecule is O=C(Nc1ccc(Sc2nc3ccccc3[nH]2)cc1)[C@H]1COc2ccccc2O1. The summed E-state index contributed by atoms with van der Waals surface area (Å²) in [6.07, 6.45) is -0.686. The van der Waals surface area contributed by atoms with Gasteiger partial charge >= 0.3 is 0 Å². The first-order valence-electron chi connectivity index (χ1n) is 9.17. The molecule has 0 radical (unpaired) electrons. The molecule has 3 aromatic carbocycles. The van der Waals surface area contributed by atoms with E-state index in [1.807, 2.05) is 66.7 Å². The van der Waals surface area contributed by atoms with Gasteiger partial charge in [0, 0.05) is 10.6 Å². The highest BCUT2D eigenvalue weighted by Gasteiger charge is 2.27. The molecule has 0 saturated carbocycles. The molecule has 6 nitrogen and oxygen atoms in total. The van der Waals surface area contributed by atoms with Crippen LogP contribution in [0.3, 0.4) is 0 Å². The molecule has 0 unspecified atom stereocenters. The lowest BCUT2D eigenvalue weighted by molar-refractivity contribution is -0.125. The molecule has 1 aromatic heterocycles. The lowest BCUT2D eigenvalue weighted by Gasteiger charge is -2.25. The van der Waals surface area contributed by atoms with Gasteiger partial charge in [0.25, 0.3) is 5.91 Å². The molecule has 0 bridgehead atoms. The molecule has 2 N–H and O–H groups in total. The van der Waals surface area contributed by atoms with E-state index in [4.69, 9.17) is 9.47 Å². The maximum Gasteiger partial charge on any atom is 0.269 e. The normalized spacial score (nSPS) is 15.2.